The number of amides is 1. The highest BCUT2D eigenvalue weighted by molar-refractivity contribution is 6.24. The van der Waals surface area contributed by atoms with Crippen molar-refractivity contribution < 1.29 is 39.2 Å². The molecule has 2 fully saturated rings. The average molecular weight is 544 g/mol. The van der Waals surface area contributed by atoms with E-state index in [2.05, 4.69) is 18.7 Å². The van der Waals surface area contributed by atoms with E-state index < -0.39 is 69.6 Å². The van der Waals surface area contributed by atoms with Crippen molar-refractivity contribution in [3.05, 3.63) is 45.5 Å². The van der Waals surface area contributed by atoms with E-state index in [9.17, 15) is 34.8 Å². The molecule has 10 nitrogen and oxygen atoms in total. The standard InChI is InChI=1S/C28H34FN3O7/c1-11-5-6-12(2)32(11)10-14-9-17(33)19-15(21(14)29)7-13-8-16-22(31(3)4)24(35)20(27(30)38)26(37)28(16,39)25(36)18(13)23(19)34/h9,11-13,16,22,33-34,37,39H,5-8,10H2,1-4H3,(H2,30,38)/t11?,12?,13-,16-,22-,28-/m0/s1. The number of halogens is 1. The van der Waals surface area contributed by atoms with Gasteiger partial charge >= 0.3 is 0 Å². The number of aromatic hydroxyl groups is 1. The molecule has 5 rings (SSSR count). The van der Waals surface area contributed by atoms with Gasteiger partial charge in [-0.15, -0.1) is 0 Å². The lowest BCUT2D eigenvalue weighted by atomic mass is 9.57. The summed E-state index contributed by atoms with van der Waals surface area (Å²) < 4.78 is 16.0. The number of phenolic OH excluding ortho intramolecular Hbond substituents is 1. The quantitative estimate of drug-likeness (QED) is 0.354. The van der Waals surface area contributed by atoms with Gasteiger partial charge in [-0.2, -0.15) is 0 Å². The Labute approximate surface area is 225 Å². The minimum absolute atomic E-state index is 0.0510. The van der Waals surface area contributed by atoms with E-state index in [-0.39, 0.29) is 53.7 Å². The van der Waals surface area contributed by atoms with Crippen LogP contribution in [0.5, 0.6) is 5.75 Å². The summed E-state index contributed by atoms with van der Waals surface area (Å²) in [6.45, 7) is 4.40. The van der Waals surface area contributed by atoms with Crippen LogP contribution in [0.3, 0.4) is 0 Å². The Hall–Kier alpha value is -3.28. The van der Waals surface area contributed by atoms with Crippen LogP contribution in [-0.4, -0.2) is 85.5 Å². The molecule has 1 heterocycles. The summed E-state index contributed by atoms with van der Waals surface area (Å²) in [7, 11) is 3.05. The number of Topliss-reactive ketones (excluding diaryl/α,β-unsaturated/α-hetero) is 2. The Balaban J connectivity index is 1.65. The molecule has 6 N–H and O–H groups in total. The molecule has 0 radical (unpaired) electrons. The van der Waals surface area contributed by atoms with E-state index in [4.69, 9.17) is 5.73 Å². The van der Waals surface area contributed by atoms with Gasteiger partial charge in [0.1, 0.15) is 28.7 Å². The number of aliphatic hydroxyl groups is 3. The Bertz CT molecular complexity index is 1360. The van der Waals surface area contributed by atoms with Crippen molar-refractivity contribution in [3.8, 4) is 5.75 Å². The zero-order chi connectivity index (χ0) is 28.7. The highest BCUT2D eigenvalue weighted by atomic mass is 19.1. The lowest BCUT2D eigenvalue weighted by molar-refractivity contribution is -0.153. The van der Waals surface area contributed by atoms with E-state index in [0.717, 1.165) is 12.8 Å². The summed E-state index contributed by atoms with van der Waals surface area (Å²) in [5.74, 6) is -8.12. The molecule has 1 aromatic carbocycles. The molecule has 2 unspecified atom stereocenters. The molecule has 0 aromatic heterocycles. The number of likely N-dealkylation sites (N-methyl/N-ethyl adjacent to an activating group) is 1. The van der Waals surface area contributed by atoms with Crippen LogP contribution in [0, 0.1) is 17.7 Å². The Morgan fingerprint density at radius 3 is 2.36 bits per heavy atom. The molecule has 0 bridgehead atoms. The Morgan fingerprint density at radius 1 is 1.18 bits per heavy atom. The number of likely N-dealkylation sites (tertiary alicyclic amines) is 1. The molecule has 39 heavy (non-hydrogen) atoms. The van der Waals surface area contributed by atoms with E-state index >= 15 is 4.39 Å². The number of ketones is 2. The minimum Gasteiger partial charge on any atom is -0.508 e. The molecule has 4 aliphatic rings. The van der Waals surface area contributed by atoms with Gasteiger partial charge in [0.05, 0.1) is 11.6 Å². The van der Waals surface area contributed by atoms with Crippen LogP contribution in [0.1, 0.15) is 49.8 Å². The predicted octanol–water partition coefficient (Wildman–Crippen LogP) is 1.48. The highest BCUT2D eigenvalue weighted by Gasteiger charge is 2.64. The van der Waals surface area contributed by atoms with E-state index in [1.807, 2.05) is 0 Å². The molecule has 11 heteroatoms. The van der Waals surface area contributed by atoms with Crippen molar-refractivity contribution in [2.75, 3.05) is 14.1 Å². The number of hydrogen-bond donors (Lipinski definition) is 5. The second-order valence-corrected chi connectivity index (χ2v) is 11.6. The number of nitrogens with zero attached hydrogens (tertiary/aromatic N) is 2. The molecular weight excluding hydrogens is 509 g/mol. The van der Waals surface area contributed by atoms with Gasteiger partial charge < -0.3 is 26.2 Å². The summed E-state index contributed by atoms with van der Waals surface area (Å²) in [6.07, 6.45) is 1.79. The number of carbonyl (C=O) groups excluding carboxylic acids is 3. The second-order valence-electron chi connectivity index (χ2n) is 11.6. The largest absolute Gasteiger partial charge is 0.508 e. The third kappa shape index (κ3) is 3.74. The van der Waals surface area contributed by atoms with Crippen LogP contribution >= 0.6 is 0 Å². The van der Waals surface area contributed by atoms with Gasteiger partial charge in [0.2, 0.25) is 5.78 Å². The van der Waals surface area contributed by atoms with E-state index in [1.54, 1.807) is 0 Å². The number of nitrogens with two attached hydrogens (primary N) is 1. The van der Waals surface area contributed by atoms with Gasteiger partial charge in [-0.3, -0.25) is 24.2 Å². The number of phenols is 1. The van der Waals surface area contributed by atoms with Crippen molar-refractivity contribution in [1.82, 2.24) is 9.80 Å². The molecule has 1 saturated carbocycles. The van der Waals surface area contributed by atoms with Crippen molar-refractivity contribution in [2.45, 2.75) is 69.8 Å². The lowest BCUT2D eigenvalue weighted by Crippen LogP contribution is -2.65. The third-order valence-electron chi connectivity index (χ3n) is 9.22. The van der Waals surface area contributed by atoms with Gasteiger partial charge in [0.15, 0.2) is 11.4 Å². The van der Waals surface area contributed by atoms with Crippen LogP contribution in [0.2, 0.25) is 0 Å². The van der Waals surface area contributed by atoms with Crippen LogP contribution in [-0.2, 0) is 27.3 Å². The molecule has 6 atom stereocenters. The Kier molecular flexibility index (Phi) is 6.40. The van der Waals surface area contributed by atoms with Crippen LogP contribution in [0.4, 0.5) is 4.39 Å². The molecule has 210 valence electrons. The predicted molar refractivity (Wildman–Crippen MR) is 138 cm³/mol. The minimum atomic E-state index is -2.72. The van der Waals surface area contributed by atoms with Crippen molar-refractivity contribution in [2.24, 2.45) is 17.6 Å². The number of benzene rings is 1. The third-order valence-corrected chi connectivity index (χ3v) is 9.22. The Morgan fingerprint density at radius 2 is 1.79 bits per heavy atom. The SMILES string of the molecule is CC1CCC(C)N1Cc1cc(O)c2c(c1F)C[C@H]1C[C@H]3[C@H](N(C)C)C(=O)C(C(N)=O)=C(O)[C@@]3(O)C(=O)C1=C2O. The first-order valence-electron chi connectivity index (χ1n) is 13.1. The first-order chi connectivity index (χ1) is 18.2. The van der Waals surface area contributed by atoms with E-state index in [1.165, 1.54) is 25.1 Å². The molecule has 1 saturated heterocycles. The zero-order valence-corrected chi connectivity index (χ0v) is 22.4. The van der Waals surface area contributed by atoms with Gasteiger partial charge in [-0.05, 0) is 65.6 Å². The first kappa shape index (κ1) is 27.3. The molecular formula is C28H34FN3O7. The van der Waals surface area contributed by atoms with Crippen LogP contribution < -0.4 is 5.73 Å². The topological polar surface area (TPSA) is 165 Å². The van der Waals surface area contributed by atoms with Crippen molar-refractivity contribution in [3.63, 3.8) is 0 Å². The van der Waals surface area contributed by atoms with Crippen LogP contribution in [0.25, 0.3) is 5.76 Å². The normalized spacial score (nSPS) is 32.9. The maximum atomic E-state index is 16.0. The fourth-order valence-electron chi connectivity index (χ4n) is 7.22. The molecule has 1 aliphatic heterocycles. The average Bonchev–Trinajstić information content (AvgIpc) is 3.16. The summed E-state index contributed by atoms with van der Waals surface area (Å²) in [5, 5.41) is 44.6. The number of carbonyl (C=O) groups is 3. The molecule has 1 amide bonds. The van der Waals surface area contributed by atoms with Gasteiger partial charge in [-0.1, -0.05) is 0 Å². The van der Waals surface area contributed by atoms with Gasteiger partial charge in [0, 0.05) is 41.2 Å². The number of rotatable bonds is 4. The summed E-state index contributed by atoms with van der Waals surface area (Å²) in [4.78, 5) is 42.6. The lowest BCUT2D eigenvalue weighted by Gasteiger charge is -2.50. The van der Waals surface area contributed by atoms with Gasteiger partial charge in [0.25, 0.3) is 5.91 Å². The number of aliphatic hydroxyl groups excluding tert-OH is 2. The monoisotopic (exact) mass is 543 g/mol. The summed E-state index contributed by atoms with van der Waals surface area (Å²) >= 11 is 0. The fraction of sp³-hybridized carbons (Fsp3) is 0.536. The van der Waals surface area contributed by atoms with Crippen molar-refractivity contribution in [1.29, 1.82) is 0 Å². The maximum Gasteiger partial charge on any atom is 0.255 e. The molecule has 1 aromatic rings. The second kappa shape index (κ2) is 9.14. The number of primary amides is 1. The molecule has 0 spiro atoms. The zero-order valence-electron chi connectivity index (χ0n) is 22.4. The summed E-state index contributed by atoms with van der Waals surface area (Å²) in [5.41, 5.74) is 1.51. The van der Waals surface area contributed by atoms with Gasteiger partial charge in [-0.25, -0.2) is 4.39 Å². The summed E-state index contributed by atoms with van der Waals surface area (Å²) in [6, 6.07) is 0.538. The smallest absolute Gasteiger partial charge is 0.255 e. The molecule has 3 aliphatic carbocycles. The number of fused-ring (bicyclic) bond motifs is 3. The van der Waals surface area contributed by atoms with Crippen molar-refractivity contribution >= 4 is 23.2 Å². The fourth-order valence-corrected chi connectivity index (χ4v) is 7.22. The van der Waals surface area contributed by atoms with Crippen LogP contribution in [0.15, 0.2) is 23.0 Å². The first-order valence-corrected chi connectivity index (χ1v) is 13.1. The van der Waals surface area contributed by atoms with E-state index in [0.29, 0.717) is 0 Å². The maximum absolute atomic E-state index is 16.0. The number of hydrogen-bond acceptors (Lipinski definition) is 9. The highest BCUT2D eigenvalue weighted by Crippen LogP contribution is 2.53.